The van der Waals surface area contributed by atoms with Crippen molar-refractivity contribution < 1.29 is 32.3 Å². The number of piperazine rings is 1. The number of nitrogens with one attached hydrogen (secondary N) is 4. The SMILES string of the molecule is COC(=O)NC(C(=O)N1CCCC1c1ncc(-c2ccc(-c3cc(Cl)c(NC(=O)c4ccc(N5CC(C)NCC5C)nc4)cc3C(F)(F)F)cc2)[nH]1)C(C)C. The highest BCUT2D eigenvalue weighted by Gasteiger charge is 2.38. The van der Waals surface area contributed by atoms with Gasteiger partial charge in [-0.25, -0.2) is 14.8 Å². The normalized spacial score (nSPS) is 19.3. The lowest BCUT2D eigenvalue weighted by Gasteiger charge is -2.38. The first-order valence-corrected chi connectivity index (χ1v) is 18.5. The van der Waals surface area contributed by atoms with Gasteiger partial charge >= 0.3 is 12.3 Å². The van der Waals surface area contributed by atoms with Crippen molar-refractivity contribution in [3.8, 4) is 22.4 Å². The van der Waals surface area contributed by atoms with Crippen LogP contribution in [0.1, 0.15) is 68.3 Å². The van der Waals surface area contributed by atoms with Gasteiger partial charge in [0.1, 0.15) is 17.7 Å². The molecule has 12 nitrogen and oxygen atoms in total. The van der Waals surface area contributed by atoms with E-state index in [-0.39, 0.29) is 57.4 Å². The third-order valence-corrected chi connectivity index (χ3v) is 10.4. The zero-order chi connectivity index (χ0) is 39.6. The molecular weight excluding hydrogens is 737 g/mol. The van der Waals surface area contributed by atoms with Crippen LogP contribution in [0, 0.1) is 5.92 Å². The standard InChI is InChI=1S/C39H44ClF3N8O4/c1-21(2)34(49-38(54)55-5)37(53)50-14-6-7-32(50)35-46-19-31(47-35)25-10-8-24(9-11-25)27-15-29(40)30(16-28(27)39(41,42)43)48-36(52)26-12-13-33(45-18-26)51-20-22(3)44-17-23(51)4/h8-13,15-16,18-19,21-23,32,34,44H,6-7,14,17,20H2,1-5H3,(H,46,47)(H,48,52)(H,49,54). The number of amides is 3. The summed E-state index contributed by atoms with van der Waals surface area (Å²) in [5.74, 6) is 0.199. The lowest BCUT2D eigenvalue weighted by Crippen LogP contribution is -2.54. The zero-order valence-corrected chi connectivity index (χ0v) is 31.9. The molecule has 4 heterocycles. The number of benzene rings is 2. The number of halogens is 4. The molecule has 3 amide bonds. The summed E-state index contributed by atoms with van der Waals surface area (Å²) in [6.45, 7) is 9.85. The molecule has 2 aliphatic heterocycles. The second-order valence-corrected chi connectivity index (χ2v) is 14.8. The Morgan fingerprint density at radius 1 is 1.02 bits per heavy atom. The molecule has 0 aliphatic carbocycles. The fourth-order valence-electron chi connectivity index (χ4n) is 7.04. The number of pyridine rings is 1. The van der Waals surface area contributed by atoms with Crippen LogP contribution < -0.4 is 20.9 Å². The summed E-state index contributed by atoms with van der Waals surface area (Å²) in [7, 11) is 1.24. The molecule has 0 bridgehead atoms. The Morgan fingerprint density at radius 3 is 2.40 bits per heavy atom. The fourth-order valence-corrected chi connectivity index (χ4v) is 7.25. The van der Waals surface area contributed by atoms with Crippen LogP contribution in [-0.4, -0.2) is 82.6 Å². The van der Waals surface area contributed by atoms with Gasteiger partial charge in [0.2, 0.25) is 5.91 Å². The van der Waals surface area contributed by atoms with Gasteiger partial charge in [0, 0.05) is 37.9 Å². The highest BCUT2D eigenvalue weighted by atomic mass is 35.5. The quantitative estimate of drug-likeness (QED) is 0.139. The highest BCUT2D eigenvalue weighted by Crippen LogP contribution is 2.42. The first-order valence-electron chi connectivity index (χ1n) is 18.1. The molecule has 2 aromatic heterocycles. The molecule has 16 heteroatoms. The van der Waals surface area contributed by atoms with E-state index < -0.39 is 29.8 Å². The summed E-state index contributed by atoms with van der Waals surface area (Å²) in [4.78, 5) is 54.7. The smallest absolute Gasteiger partial charge is 0.417 e. The van der Waals surface area contributed by atoms with E-state index in [1.165, 1.54) is 19.4 Å². The maximum absolute atomic E-state index is 14.5. The summed E-state index contributed by atoms with van der Waals surface area (Å²) < 4.78 is 48.2. The van der Waals surface area contributed by atoms with Crippen LogP contribution in [0.25, 0.3) is 22.4 Å². The van der Waals surface area contributed by atoms with Crippen molar-refractivity contribution in [2.24, 2.45) is 5.92 Å². The van der Waals surface area contributed by atoms with E-state index in [4.69, 9.17) is 16.3 Å². The van der Waals surface area contributed by atoms with Crippen molar-refractivity contribution in [1.82, 2.24) is 30.5 Å². The minimum atomic E-state index is -4.76. The van der Waals surface area contributed by atoms with Crippen LogP contribution in [-0.2, 0) is 15.7 Å². The van der Waals surface area contributed by atoms with E-state index in [0.29, 0.717) is 35.9 Å². The summed E-state index contributed by atoms with van der Waals surface area (Å²) in [5, 5.41) is 8.49. The Hall–Kier alpha value is -5.15. The van der Waals surface area contributed by atoms with Gasteiger partial charge in [0.25, 0.3) is 5.91 Å². The average molecular weight is 781 g/mol. The third-order valence-electron chi connectivity index (χ3n) is 10.1. The van der Waals surface area contributed by atoms with Crippen molar-refractivity contribution in [2.75, 3.05) is 37.0 Å². The molecule has 4 aromatic rings. The zero-order valence-electron chi connectivity index (χ0n) is 31.1. The van der Waals surface area contributed by atoms with Gasteiger partial charge in [-0.15, -0.1) is 0 Å². The number of likely N-dealkylation sites (tertiary alicyclic amines) is 1. The minimum absolute atomic E-state index is 0.0657. The number of ether oxygens (including phenoxy) is 1. The molecule has 0 radical (unpaired) electrons. The first-order chi connectivity index (χ1) is 26.1. The molecule has 2 aliphatic rings. The molecule has 0 saturated carbocycles. The third kappa shape index (κ3) is 8.73. The number of aromatic amines is 1. The minimum Gasteiger partial charge on any atom is -0.453 e. The highest BCUT2D eigenvalue weighted by molar-refractivity contribution is 6.34. The van der Waals surface area contributed by atoms with Crippen LogP contribution in [0.3, 0.4) is 0 Å². The predicted octanol–water partition coefficient (Wildman–Crippen LogP) is 7.29. The van der Waals surface area contributed by atoms with Crippen molar-refractivity contribution in [1.29, 1.82) is 0 Å². The van der Waals surface area contributed by atoms with E-state index in [1.54, 1.807) is 47.5 Å². The number of alkyl halides is 3. The van der Waals surface area contributed by atoms with Crippen molar-refractivity contribution >= 4 is 41.0 Å². The summed E-state index contributed by atoms with van der Waals surface area (Å²) in [6.07, 6.45) is -1.03. The monoisotopic (exact) mass is 780 g/mol. The molecule has 0 spiro atoms. The number of hydrogen-bond acceptors (Lipinski definition) is 8. The number of nitrogens with zero attached hydrogens (tertiary/aromatic N) is 4. The molecule has 2 aromatic carbocycles. The van der Waals surface area contributed by atoms with Gasteiger partial charge in [-0.2, -0.15) is 13.2 Å². The number of H-pyrrole nitrogens is 1. The van der Waals surface area contributed by atoms with E-state index in [0.717, 1.165) is 25.6 Å². The molecule has 4 N–H and O–H groups in total. The second-order valence-electron chi connectivity index (χ2n) is 14.4. The van der Waals surface area contributed by atoms with Crippen molar-refractivity contribution in [3.05, 3.63) is 82.9 Å². The fraction of sp³-hybridized carbons (Fsp3) is 0.410. The topological polar surface area (TPSA) is 145 Å². The molecule has 292 valence electrons. The van der Waals surface area contributed by atoms with Crippen molar-refractivity contribution in [2.45, 2.75) is 70.9 Å². The van der Waals surface area contributed by atoms with Gasteiger partial charge in [-0.1, -0.05) is 49.7 Å². The Balaban J connectivity index is 1.18. The van der Waals surface area contributed by atoms with E-state index in [2.05, 4.69) is 49.6 Å². The molecule has 6 rings (SSSR count). The van der Waals surface area contributed by atoms with E-state index in [9.17, 15) is 27.6 Å². The Labute approximate surface area is 322 Å². The van der Waals surface area contributed by atoms with Gasteiger partial charge in [0.05, 0.1) is 46.9 Å². The van der Waals surface area contributed by atoms with Crippen LogP contribution in [0.5, 0.6) is 0 Å². The summed E-state index contributed by atoms with van der Waals surface area (Å²) >= 11 is 6.51. The number of carbonyl (C=O) groups is 3. The summed E-state index contributed by atoms with van der Waals surface area (Å²) in [5.41, 5.74) is 0.406. The van der Waals surface area contributed by atoms with Gasteiger partial charge in [0.15, 0.2) is 0 Å². The second kappa shape index (κ2) is 16.3. The Bertz CT molecular complexity index is 2020. The largest absolute Gasteiger partial charge is 0.453 e. The molecular formula is C39H44ClF3N8O4. The number of rotatable bonds is 9. The van der Waals surface area contributed by atoms with Gasteiger partial charge < -0.3 is 35.5 Å². The number of methoxy groups -OCH3 is 1. The maximum atomic E-state index is 14.5. The number of aromatic nitrogens is 3. The number of imidazole rings is 1. The number of alkyl carbamates (subject to hydrolysis) is 1. The molecule has 55 heavy (non-hydrogen) atoms. The molecule has 2 saturated heterocycles. The average Bonchev–Trinajstić information content (AvgIpc) is 3.85. The lowest BCUT2D eigenvalue weighted by atomic mass is 9.97. The van der Waals surface area contributed by atoms with Crippen LogP contribution in [0.4, 0.5) is 29.5 Å². The number of carbonyl (C=O) groups excluding carboxylic acids is 3. The van der Waals surface area contributed by atoms with Crippen LogP contribution in [0.15, 0.2) is 60.9 Å². The lowest BCUT2D eigenvalue weighted by molar-refractivity contribution is -0.137. The predicted molar refractivity (Wildman–Crippen MR) is 204 cm³/mol. The Morgan fingerprint density at radius 2 is 1.75 bits per heavy atom. The van der Waals surface area contributed by atoms with Gasteiger partial charge in [-0.05, 0) is 73.6 Å². The van der Waals surface area contributed by atoms with Gasteiger partial charge in [-0.3, -0.25) is 9.59 Å². The van der Waals surface area contributed by atoms with E-state index in [1.807, 2.05) is 13.8 Å². The maximum Gasteiger partial charge on any atom is 0.417 e. The first kappa shape index (κ1) is 39.5. The molecule has 4 atom stereocenters. The number of anilines is 2. The molecule has 4 unspecified atom stereocenters. The van der Waals surface area contributed by atoms with Crippen LogP contribution >= 0.6 is 11.6 Å². The van der Waals surface area contributed by atoms with E-state index >= 15 is 0 Å². The van der Waals surface area contributed by atoms with Crippen molar-refractivity contribution in [3.63, 3.8) is 0 Å². The Kier molecular flexibility index (Phi) is 11.7. The summed E-state index contributed by atoms with van der Waals surface area (Å²) in [6, 6.07) is 11.1. The molecule has 2 fully saturated rings. The number of hydrogen-bond donors (Lipinski definition) is 4. The van der Waals surface area contributed by atoms with Crippen LogP contribution in [0.2, 0.25) is 5.02 Å².